The van der Waals surface area contributed by atoms with E-state index in [-0.39, 0.29) is 6.04 Å². The SMILES string of the molecule is Cc1cc(S(=O)(=O)NC(C)C2CCC2)sc1CN. The molecule has 1 unspecified atom stereocenters. The van der Waals surface area contributed by atoms with Gasteiger partial charge in [0.2, 0.25) is 10.0 Å². The first-order chi connectivity index (χ1) is 8.44. The molecule has 3 N–H and O–H groups in total. The van der Waals surface area contributed by atoms with Crippen molar-refractivity contribution in [2.24, 2.45) is 11.7 Å². The molecule has 1 aromatic rings. The van der Waals surface area contributed by atoms with E-state index in [1.165, 1.54) is 17.8 Å². The van der Waals surface area contributed by atoms with Crippen LogP contribution in [0.15, 0.2) is 10.3 Å². The fourth-order valence-electron chi connectivity index (χ4n) is 2.16. The third-order valence-corrected chi connectivity index (χ3v) is 6.94. The Bertz CT molecular complexity index is 518. The summed E-state index contributed by atoms with van der Waals surface area (Å²) in [5.41, 5.74) is 6.54. The fraction of sp³-hybridized carbons (Fsp3) is 0.667. The third kappa shape index (κ3) is 2.77. The highest BCUT2D eigenvalue weighted by Crippen LogP contribution is 2.31. The molecule has 0 aliphatic heterocycles. The van der Waals surface area contributed by atoms with E-state index in [0.29, 0.717) is 16.7 Å². The van der Waals surface area contributed by atoms with Gasteiger partial charge in [0.1, 0.15) is 4.21 Å². The van der Waals surface area contributed by atoms with E-state index >= 15 is 0 Å². The summed E-state index contributed by atoms with van der Waals surface area (Å²) in [6, 6.07) is 1.73. The molecular weight excluding hydrogens is 268 g/mol. The summed E-state index contributed by atoms with van der Waals surface area (Å²) in [6.07, 6.45) is 3.47. The van der Waals surface area contributed by atoms with Gasteiger partial charge < -0.3 is 5.73 Å². The van der Waals surface area contributed by atoms with Gasteiger partial charge >= 0.3 is 0 Å². The number of thiophene rings is 1. The zero-order valence-electron chi connectivity index (χ0n) is 10.8. The van der Waals surface area contributed by atoms with E-state index in [2.05, 4.69) is 4.72 Å². The predicted octanol–water partition coefficient (Wildman–Crippen LogP) is 1.98. The van der Waals surface area contributed by atoms with Crippen LogP contribution in [0.4, 0.5) is 0 Å². The van der Waals surface area contributed by atoms with E-state index < -0.39 is 10.0 Å². The lowest BCUT2D eigenvalue weighted by atomic mass is 9.81. The van der Waals surface area contributed by atoms with Crippen LogP contribution in [-0.2, 0) is 16.6 Å². The largest absolute Gasteiger partial charge is 0.326 e. The summed E-state index contributed by atoms with van der Waals surface area (Å²) in [7, 11) is -3.38. The van der Waals surface area contributed by atoms with Gasteiger partial charge in [-0.3, -0.25) is 0 Å². The van der Waals surface area contributed by atoms with Crippen LogP contribution in [0, 0.1) is 12.8 Å². The van der Waals surface area contributed by atoms with Crippen molar-refractivity contribution in [3.05, 3.63) is 16.5 Å². The van der Waals surface area contributed by atoms with Crippen molar-refractivity contribution in [3.8, 4) is 0 Å². The Kier molecular flexibility index (Phi) is 4.11. The minimum Gasteiger partial charge on any atom is -0.326 e. The van der Waals surface area contributed by atoms with Crippen LogP contribution in [0.1, 0.15) is 36.6 Å². The molecule has 1 aliphatic carbocycles. The fourth-order valence-corrected chi connectivity index (χ4v) is 4.96. The number of hydrogen-bond donors (Lipinski definition) is 2. The van der Waals surface area contributed by atoms with Crippen molar-refractivity contribution in [3.63, 3.8) is 0 Å². The summed E-state index contributed by atoms with van der Waals surface area (Å²) >= 11 is 1.27. The van der Waals surface area contributed by atoms with Crippen LogP contribution in [0.3, 0.4) is 0 Å². The van der Waals surface area contributed by atoms with Crippen LogP contribution in [-0.4, -0.2) is 14.5 Å². The van der Waals surface area contributed by atoms with E-state index in [1.54, 1.807) is 6.07 Å². The second-order valence-corrected chi connectivity index (χ2v) is 8.05. The van der Waals surface area contributed by atoms with E-state index in [0.717, 1.165) is 23.3 Å². The second-order valence-electron chi connectivity index (χ2n) is 4.98. The second kappa shape index (κ2) is 5.28. The molecule has 1 saturated carbocycles. The molecule has 6 heteroatoms. The number of nitrogens with one attached hydrogen (secondary N) is 1. The average molecular weight is 288 g/mol. The highest BCUT2D eigenvalue weighted by molar-refractivity contribution is 7.91. The lowest BCUT2D eigenvalue weighted by molar-refractivity contribution is 0.260. The van der Waals surface area contributed by atoms with Crippen LogP contribution in [0.5, 0.6) is 0 Å². The van der Waals surface area contributed by atoms with E-state index in [9.17, 15) is 8.42 Å². The van der Waals surface area contributed by atoms with Crippen molar-refractivity contribution in [2.75, 3.05) is 0 Å². The monoisotopic (exact) mass is 288 g/mol. The van der Waals surface area contributed by atoms with Gasteiger partial charge in [-0.15, -0.1) is 11.3 Å². The van der Waals surface area contributed by atoms with Gasteiger partial charge in [-0.1, -0.05) is 6.42 Å². The normalized spacial score (nSPS) is 18.6. The summed E-state index contributed by atoms with van der Waals surface area (Å²) in [4.78, 5) is 0.937. The number of aryl methyl sites for hydroxylation is 1. The quantitative estimate of drug-likeness (QED) is 0.870. The first-order valence-corrected chi connectivity index (χ1v) is 8.55. The zero-order valence-corrected chi connectivity index (χ0v) is 12.4. The third-order valence-electron chi connectivity index (χ3n) is 3.65. The summed E-state index contributed by atoms with van der Waals surface area (Å²) in [5.74, 6) is 0.495. The van der Waals surface area contributed by atoms with E-state index in [4.69, 9.17) is 5.73 Å². The summed E-state index contributed by atoms with van der Waals surface area (Å²) < 4.78 is 27.6. The summed E-state index contributed by atoms with van der Waals surface area (Å²) in [5, 5.41) is 0. The van der Waals surface area contributed by atoms with Crippen molar-refractivity contribution in [2.45, 2.75) is 49.9 Å². The number of rotatable bonds is 5. The van der Waals surface area contributed by atoms with Gasteiger partial charge in [-0.25, -0.2) is 13.1 Å². The molecule has 0 aromatic carbocycles. The van der Waals surface area contributed by atoms with Gasteiger partial charge in [-0.05, 0) is 44.2 Å². The minimum atomic E-state index is -3.38. The highest BCUT2D eigenvalue weighted by atomic mass is 32.2. The zero-order chi connectivity index (χ0) is 13.3. The maximum Gasteiger partial charge on any atom is 0.250 e. The van der Waals surface area contributed by atoms with Gasteiger partial charge in [0.15, 0.2) is 0 Å². The molecule has 1 heterocycles. The van der Waals surface area contributed by atoms with Crippen LogP contribution < -0.4 is 10.5 Å². The maximum absolute atomic E-state index is 12.2. The average Bonchev–Trinajstić information content (AvgIpc) is 2.56. The van der Waals surface area contributed by atoms with Crippen molar-refractivity contribution >= 4 is 21.4 Å². The molecule has 1 fully saturated rings. The Morgan fingerprint density at radius 2 is 2.22 bits per heavy atom. The van der Waals surface area contributed by atoms with Crippen molar-refractivity contribution < 1.29 is 8.42 Å². The highest BCUT2D eigenvalue weighted by Gasteiger charge is 2.28. The van der Waals surface area contributed by atoms with E-state index in [1.807, 2.05) is 13.8 Å². The Morgan fingerprint density at radius 3 is 2.67 bits per heavy atom. The summed E-state index contributed by atoms with van der Waals surface area (Å²) in [6.45, 7) is 4.24. The predicted molar refractivity (Wildman–Crippen MR) is 74.1 cm³/mol. The molecule has 0 bridgehead atoms. The Labute approximate surface area is 113 Å². The van der Waals surface area contributed by atoms with Gasteiger partial charge in [0.05, 0.1) is 0 Å². The smallest absolute Gasteiger partial charge is 0.250 e. The molecule has 18 heavy (non-hydrogen) atoms. The Morgan fingerprint density at radius 1 is 1.56 bits per heavy atom. The minimum absolute atomic E-state index is 0.0208. The molecule has 0 amide bonds. The van der Waals surface area contributed by atoms with Gasteiger partial charge in [-0.2, -0.15) is 0 Å². The number of hydrogen-bond acceptors (Lipinski definition) is 4. The standard InChI is InChI=1S/C12H20N2O2S2/c1-8-6-12(17-11(8)7-13)18(15,16)14-9(2)10-4-3-5-10/h6,9-10,14H,3-5,7,13H2,1-2H3. The first kappa shape index (κ1) is 14.0. The molecule has 102 valence electrons. The van der Waals surface area contributed by atoms with Crippen LogP contribution in [0.25, 0.3) is 0 Å². The van der Waals surface area contributed by atoms with Crippen molar-refractivity contribution in [1.29, 1.82) is 0 Å². The molecular formula is C12H20N2O2S2. The Balaban J connectivity index is 2.13. The molecule has 2 rings (SSSR count). The molecule has 4 nitrogen and oxygen atoms in total. The Hall–Kier alpha value is -0.430. The van der Waals surface area contributed by atoms with Gasteiger partial charge in [0, 0.05) is 17.5 Å². The first-order valence-electron chi connectivity index (χ1n) is 6.25. The molecule has 1 atom stereocenters. The van der Waals surface area contributed by atoms with Crippen molar-refractivity contribution in [1.82, 2.24) is 4.72 Å². The molecule has 0 spiro atoms. The maximum atomic E-state index is 12.2. The molecule has 1 aromatic heterocycles. The lowest BCUT2D eigenvalue weighted by Crippen LogP contribution is -2.40. The van der Waals surface area contributed by atoms with Crippen LogP contribution >= 0.6 is 11.3 Å². The molecule has 0 radical (unpaired) electrons. The molecule has 0 saturated heterocycles. The number of nitrogens with two attached hydrogens (primary N) is 1. The topological polar surface area (TPSA) is 72.2 Å². The lowest BCUT2D eigenvalue weighted by Gasteiger charge is -2.31. The molecule has 1 aliphatic rings. The van der Waals surface area contributed by atoms with Gasteiger partial charge in [0.25, 0.3) is 0 Å². The number of sulfonamides is 1. The van der Waals surface area contributed by atoms with Crippen LogP contribution in [0.2, 0.25) is 0 Å².